The third kappa shape index (κ3) is 4.78. The molecule has 0 spiro atoms. The van der Waals surface area contributed by atoms with Gasteiger partial charge >= 0.3 is 0 Å². The molecule has 0 saturated carbocycles. The summed E-state index contributed by atoms with van der Waals surface area (Å²) >= 11 is 0. The topological polar surface area (TPSA) is 49.4 Å². The molecule has 1 saturated heterocycles. The van der Waals surface area contributed by atoms with Crippen LogP contribution < -0.4 is 4.72 Å². The molecule has 27 heavy (non-hydrogen) atoms. The molecule has 1 fully saturated rings. The molecule has 146 valence electrons. The van der Waals surface area contributed by atoms with Crippen LogP contribution in [0.1, 0.15) is 38.7 Å². The first-order chi connectivity index (χ1) is 12.9. The zero-order valence-corrected chi connectivity index (χ0v) is 17.2. The minimum absolute atomic E-state index is 0.0892. The number of sulfonamides is 1. The lowest BCUT2D eigenvalue weighted by Gasteiger charge is -2.39. The van der Waals surface area contributed by atoms with Crippen LogP contribution >= 0.6 is 0 Å². The van der Waals surface area contributed by atoms with E-state index in [2.05, 4.69) is 52.9 Å². The van der Waals surface area contributed by atoms with Crippen molar-refractivity contribution in [1.29, 1.82) is 0 Å². The summed E-state index contributed by atoms with van der Waals surface area (Å²) in [6.45, 7) is 8.29. The van der Waals surface area contributed by atoms with E-state index in [1.165, 1.54) is 16.7 Å². The summed E-state index contributed by atoms with van der Waals surface area (Å²) in [6.07, 6.45) is 0.962. The van der Waals surface area contributed by atoms with Gasteiger partial charge in [-0.3, -0.25) is 0 Å². The minimum atomic E-state index is -3.30. The molecule has 1 aliphatic rings. The molecule has 0 aliphatic carbocycles. The molecule has 4 nitrogen and oxygen atoms in total. The van der Waals surface area contributed by atoms with Crippen molar-refractivity contribution in [2.24, 2.45) is 0 Å². The summed E-state index contributed by atoms with van der Waals surface area (Å²) in [4.78, 5) is 2.32. The van der Waals surface area contributed by atoms with Crippen LogP contribution in [0, 0.1) is 0 Å². The Morgan fingerprint density at radius 3 is 2.26 bits per heavy atom. The Bertz CT molecular complexity index is 832. The van der Waals surface area contributed by atoms with Gasteiger partial charge in [-0.05, 0) is 50.0 Å². The maximum absolute atomic E-state index is 12.5. The number of nitrogens with one attached hydrogen (secondary N) is 1. The Morgan fingerprint density at radius 2 is 1.67 bits per heavy atom. The third-order valence-electron chi connectivity index (χ3n) is 5.53. The zero-order valence-electron chi connectivity index (χ0n) is 16.4. The Balaban J connectivity index is 1.83. The van der Waals surface area contributed by atoms with Crippen LogP contribution in [0.15, 0.2) is 54.6 Å². The molecular formula is C22H30N2O2S. The summed E-state index contributed by atoms with van der Waals surface area (Å²) in [7, 11) is -3.30. The van der Waals surface area contributed by atoms with Crippen LogP contribution in [0.5, 0.6) is 0 Å². The molecule has 1 heterocycles. The van der Waals surface area contributed by atoms with Gasteiger partial charge in [0.1, 0.15) is 0 Å². The van der Waals surface area contributed by atoms with Crippen LogP contribution in [-0.2, 0) is 10.0 Å². The lowest BCUT2D eigenvalue weighted by atomic mass is 9.85. The molecule has 2 aromatic rings. The van der Waals surface area contributed by atoms with Gasteiger partial charge in [-0.25, -0.2) is 13.1 Å². The SMILES string of the molecule is CCN1CC[C@@H](c2ccc(-c3ccccc3)cc2)[C@H](NS(=O)(=O)C(C)C)C1. The third-order valence-corrected chi connectivity index (χ3v) is 7.40. The Kier molecular flexibility index (Phi) is 6.35. The summed E-state index contributed by atoms with van der Waals surface area (Å²) in [6, 6.07) is 18.8. The van der Waals surface area contributed by atoms with E-state index in [-0.39, 0.29) is 12.0 Å². The second-order valence-corrected chi connectivity index (χ2v) is 9.86. The quantitative estimate of drug-likeness (QED) is 0.820. The van der Waals surface area contributed by atoms with Crippen molar-refractivity contribution in [3.05, 3.63) is 60.2 Å². The largest absolute Gasteiger partial charge is 0.302 e. The molecule has 3 rings (SSSR count). The summed E-state index contributed by atoms with van der Waals surface area (Å²) in [5.74, 6) is 0.200. The number of hydrogen-bond acceptors (Lipinski definition) is 3. The van der Waals surface area contributed by atoms with Crippen LogP contribution in [-0.4, -0.2) is 44.2 Å². The highest BCUT2D eigenvalue weighted by molar-refractivity contribution is 7.90. The highest BCUT2D eigenvalue weighted by Crippen LogP contribution is 2.31. The maximum atomic E-state index is 12.5. The van der Waals surface area contributed by atoms with Gasteiger partial charge < -0.3 is 4.90 Å². The lowest BCUT2D eigenvalue weighted by molar-refractivity contribution is 0.191. The highest BCUT2D eigenvalue weighted by Gasteiger charge is 2.33. The van der Waals surface area contributed by atoms with E-state index in [1.54, 1.807) is 13.8 Å². The van der Waals surface area contributed by atoms with E-state index in [0.717, 1.165) is 26.1 Å². The van der Waals surface area contributed by atoms with Gasteiger partial charge in [-0.1, -0.05) is 61.5 Å². The van der Waals surface area contributed by atoms with Gasteiger partial charge in [0, 0.05) is 18.5 Å². The van der Waals surface area contributed by atoms with Gasteiger partial charge in [0.2, 0.25) is 10.0 Å². The Labute approximate surface area is 163 Å². The van der Waals surface area contributed by atoms with Gasteiger partial charge in [-0.15, -0.1) is 0 Å². The second-order valence-electron chi connectivity index (χ2n) is 7.59. The second kappa shape index (κ2) is 8.55. The van der Waals surface area contributed by atoms with Gasteiger partial charge in [0.25, 0.3) is 0 Å². The molecule has 5 heteroatoms. The Hall–Kier alpha value is -1.69. The molecule has 2 atom stereocenters. The van der Waals surface area contributed by atoms with Gasteiger partial charge in [0.15, 0.2) is 0 Å². The van der Waals surface area contributed by atoms with Gasteiger partial charge in [0.05, 0.1) is 5.25 Å². The van der Waals surface area contributed by atoms with Crippen LogP contribution in [0.4, 0.5) is 0 Å². The number of piperidine rings is 1. The lowest BCUT2D eigenvalue weighted by Crippen LogP contribution is -2.52. The molecule has 1 N–H and O–H groups in total. The summed E-state index contributed by atoms with van der Waals surface area (Å²) in [5, 5.41) is -0.421. The fourth-order valence-corrected chi connectivity index (χ4v) is 4.66. The predicted molar refractivity (Wildman–Crippen MR) is 112 cm³/mol. The average Bonchev–Trinajstić information content (AvgIpc) is 2.68. The van der Waals surface area contributed by atoms with Crippen molar-refractivity contribution in [3.63, 3.8) is 0 Å². The van der Waals surface area contributed by atoms with E-state index in [1.807, 2.05) is 18.2 Å². The van der Waals surface area contributed by atoms with Crippen molar-refractivity contribution in [1.82, 2.24) is 9.62 Å². The molecular weight excluding hydrogens is 356 g/mol. The maximum Gasteiger partial charge on any atom is 0.214 e. The number of likely N-dealkylation sites (N-methyl/N-ethyl adjacent to an activating group) is 1. The van der Waals surface area contributed by atoms with Crippen LogP contribution in [0.2, 0.25) is 0 Å². The first kappa shape index (κ1) is 20.1. The highest BCUT2D eigenvalue weighted by atomic mass is 32.2. The van der Waals surface area contributed by atoms with E-state index in [0.29, 0.717) is 0 Å². The number of benzene rings is 2. The van der Waals surface area contributed by atoms with Crippen LogP contribution in [0.3, 0.4) is 0 Å². The summed E-state index contributed by atoms with van der Waals surface area (Å²) < 4.78 is 27.9. The normalized spacial score (nSPS) is 21.5. The predicted octanol–water partition coefficient (Wildman–Crippen LogP) is 3.86. The van der Waals surface area contributed by atoms with Crippen molar-refractivity contribution in [2.75, 3.05) is 19.6 Å². The van der Waals surface area contributed by atoms with Crippen molar-refractivity contribution < 1.29 is 8.42 Å². The van der Waals surface area contributed by atoms with Crippen molar-refractivity contribution >= 4 is 10.0 Å². The van der Waals surface area contributed by atoms with E-state index in [9.17, 15) is 8.42 Å². The van der Waals surface area contributed by atoms with E-state index in [4.69, 9.17) is 0 Å². The smallest absolute Gasteiger partial charge is 0.214 e. The van der Waals surface area contributed by atoms with E-state index >= 15 is 0 Å². The van der Waals surface area contributed by atoms with Crippen LogP contribution in [0.25, 0.3) is 11.1 Å². The molecule has 1 aliphatic heterocycles. The molecule has 0 unspecified atom stereocenters. The molecule has 0 bridgehead atoms. The standard InChI is InChI=1S/C22H30N2O2S/c1-4-24-15-14-21(22(16-24)23-27(25,26)17(2)3)20-12-10-19(11-13-20)18-8-6-5-7-9-18/h5-13,17,21-23H,4,14-16H2,1-3H3/t21-,22+/m0/s1. The zero-order chi connectivity index (χ0) is 19.4. The first-order valence-electron chi connectivity index (χ1n) is 9.79. The average molecular weight is 387 g/mol. The molecule has 0 radical (unpaired) electrons. The number of likely N-dealkylation sites (tertiary alicyclic amines) is 1. The van der Waals surface area contributed by atoms with Crippen molar-refractivity contribution in [3.8, 4) is 11.1 Å². The summed E-state index contributed by atoms with van der Waals surface area (Å²) in [5.41, 5.74) is 3.59. The minimum Gasteiger partial charge on any atom is -0.302 e. The Morgan fingerprint density at radius 1 is 1.04 bits per heavy atom. The van der Waals surface area contributed by atoms with Crippen molar-refractivity contribution in [2.45, 2.75) is 44.4 Å². The number of hydrogen-bond donors (Lipinski definition) is 1. The van der Waals surface area contributed by atoms with E-state index < -0.39 is 15.3 Å². The molecule has 0 aromatic heterocycles. The fourth-order valence-electron chi connectivity index (χ4n) is 3.73. The molecule has 0 amide bonds. The monoisotopic (exact) mass is 386 g/mol. The number of rotatable bonds is 6. The fraction of sp³-hybridized carbons (Fsp3) is 0.455. The first-order valence-corrected chi connectivity index (χ1v) is 11.3. The number of nitrogens with zero attached hydrogens (tertiary/aromatic N) is 1. The molecule has 2 aromatic carbocycles. The van der Waals surface area contributed by atoms with Gasteiger partial charge in [-0.2, -0.15) is 0 Å².